The summed E-state index contributed by atoms with van der Waals surface area (Å²) in [5.74, 6) is 0. The maximum atomic E-state index is 12.8. The zero-order valence-corrected chi connectivity index (χ0v) is 14.8. The molecule has 7 nitrogen and oxygen atoms in total. The number of sulfonamides is 1. The third-order valence-corrected chi connectivity index (χ3v) is 6.38. The van der Waals surface area contributed by atoms with Crippen LogP contribution in [0.5, 0.6) is 0 Å². The lowest BCUT2D eigenvalue weighted by atomic mass is 10.2. The molecule has 25 heavy (non-hydrogen) atoms. The highest BCUT2D eigenvalue weighted by Gasteiger charge is 2.24. The van der Waals surface area contributed by atoms with Gasteiger partial charge in [-0.15, -0.1) is 0 Å². The summed E-state index contributed by atoms with van der Waals surface area (Å²) in [7, 11) is -8.03. The molecule has 1 heterocycles. The van der Waals surface area contributed by atoms with Crippen molar-refractivity contribution in [2.45, 2.75) is 9.79 Å². The largest absolute Gasteiger partial charge is 0.276 e. The number of carbonyl (C=O) groups is 1. The number of rotatable bonds is 4. The molecule has 10 heteroatoms. The van der Waals surface area contributed by atoms with Gasteiger partial charge in [0.2, 0.25) is 10.0 Å². The molecule has 0 atom stereocenters. The molecule has 0 unspecified atom stereocenters. The highest BCUT2D eigenvalue weighted by Crippen LogP contribution is 2.29. The number of hydrogen-bond acceptors (Lipinski definition) is 5. The first kappa shape index (κ1) is 17.6. The normalized spacial score (nSPS) is 12.4. The summed E-state index contributed by atoms with van der Waals surface area (Å²) in [6, 6.07) is 11.1. The van der Waals surface area contributed by atoms with Gasteiger partial charge in [0.25, 0.3) is 15.3 Å². The minimum Gasteiger partial charge on any atom is -0.276 e. The van der Waals surface area contributed by atoms with Crippen LogP contribution in [0.2, 0.25) is 0 Å². The second-order valence-electron chi connectivity index (χ2n) is 5.15. The molecule has 0 amide bonds. The van der Waals surface area contributed by atoms with Crippen LogP contribution in [0.1, 0.15) is 10.4 Å². The minimum absolute atomic E-state index is 0.0102. The Kier molecular flexibility index (Phi) is 4.20. The fourth-order valence-corrected chi connectivity index (χ4v) is 4.50. The summed E-state index contributed by atoms with van der Waals surface area (Å²) in [5, 5.41) is 4.24. The van der Waals surface area contributed by atoms with E-state index >= 15 is 0 Å². The van der Waals surface area contributed by atoms with Gasteiger partial charge >= 0.3 is 0 Å². The molecule has 0 bridgehead atoms. The molecule has 1 aromatic heterocycles. The van der Waals surface area contributed by atoms with Crippen LogP contribution in [0.3, 0.4) is 0 Å². The molecule has 0 aliphatic carbocycles. The van der Waals surface area contributed by atoms with Crippen molar-refractivity contribution in [3.63, 3.8) is 0 Å². The van der Waals surface area contributed by atoms with Crippen molar-refractivity contribution >= 4 is 47.8 Å². The zero-order chi connectivity index (χ0) is 18.4. The Morgan fingerprint density at radius 1 is 0.960 bits per heavy atom. The first-order valence-corrected chi connectivity index (χ1v) is 10.2. The summed E-state index contributed by atoms with van der Waals surface area (Å²) in [4.78, 5) is 11.4. The van der Waals surface area contributed by atoms with E-state index in [1.807, 2.05) is 0 Å². The van der Waals surface area contributed by atoms with Crippen LogP contribution in [-0.2, 0) is 20.0 Å². The van der Waals surface area contributed by atoms with Crippen molar-refractivity contribution < 1.29 is 21.6 Å². The maximum absolute atomic E-state index is 12.8. The average Bonchev–Trinajstić information content (AvgIpc) is 2.94. The average molecular weight is 399 g/mol. The first-order valence-electron chi connectivity index (χ1n) is 6.81. The standard InChI is InChI=1S/C15H11ClN2O5S2/c16-15(19)13-9-18(25(22,23)10-4-2-1-3-5-10)14-7-6-11(8-12(13)14)24(17,20)21/h1-9H,(H2,17,20,21). The third-order valence-electron chi connectivity index (χ3n) is 3.58. The van der Waals surface area contributed by atoms with Crippen LogP contribution in [0.4, 0.5) is 0 Å². The SMILES string of the molecule is NS(=O)(=O)c1ccc2c(c1)c(C(=O)Cl)cn2S(=O)(=O)c1ccccc1. The zero-order valence-electron chi connectivity index (χ0n) is 12.5. The molecule has 0 radical (unpaired) electrons. The molecule has 130 valence electrons. The molecule has 0 fully saturated rings. The van der Waals surface area contributed by atoms with Gasteiger partial charge in [-0.25, -0.2) is 25.9 Å². The smallest absolute Gasteiger partial charge is 0.268 e. The molecule has 0 aliphatic heterocycles. The molecule has 0 saturated heterocycles. The summed E-state index contributed by atoms with van der Waals surface area (Å²) >= 11 is 5.53. The van der Waals surface area contributed by atoms with Crippen molar-refractivity contribution in [3.05, 3.63) is 60.3 Å². The van der Waals surface area contributed by atoms with Gasteiger partial charge in [-0.1, -0.05) is 18.2 Å². The number of nitrogens with two attached hydrogens (primary N) is 1. The van der Waals surface area contributed by atoms with Gasteiger partial charge in [0.05, 0.1) is 20.9 Å². The van der Waals surface area contributed by atoms with E-state index in [4.69, 9.17) is 16.7 Å². The fourth-order valence-electron chi connectivity index (χ4n) is 2.42. The summed E-state index contributed by atoms with van der Waals surface area (Å²) in [5.41, 5.74) is -0.0260. The summed E-state index contributed by atoms with van der Waals surface area (Å²) in [6.07, 6.45) is 1.06. The number of hydrogen-bond donors (Lipinski definition) is 1. The van der Waals surface area contributed by atoms with Crippen LogP contribution in [0.15, 0.2) is 64.5 Å². The predicted octanol–water partition coefficient (Wildman–Crippen LogP) is 1.90. The molecule has 3 aromatic rings. The molecular formula is C15H11ClN2O5S2. The van der Waals surface area contributed by atoms with Crippen molar-refractivity contribution in [1.82, 2.24) is 3.97 Å². The van der Waals surface area contributed by atoms with Crippen molar-refractivity contribution in [2.75, 3.05) is 0 Å². The van der Waals surface area contributed by atoms with Gasteiger partial charge in [-0.05, 0) is 41.9 Å². The van der Waals surface area contributed by atoms with Gasteiger partial charge in [-0.2, -0.15) is 0 Å². The van der Waals surface area contributed by atoms with Crippen LogP contribution in [0.25, 0.3) is 10.9 Å². The van der Waals surface area contributed by atoms with E-state index < -0.39 is 25.3 Å². The van der Waals surface area contributed by atoms with Gasteiger partial charge in [0.1, 0.15) is 0 Å². The van der Waals surface area contributed by atoms with Gasteiger partial charge in [-0.3, -0.25) is 4.79 Å². The Bertz CT molecular complexity index is 1200. The molecule has 2 aromatic carbocycles. The van der Waals surface area contributed by atoms with Crippen LogP contribution in [0, 0.1) is 0 Å². The van der Waals surface area contributed by atoms with Gasteiger partial charge in [0.15, 0.2) is 0 Å². The van der Waals surface area contributed by atoms with Crippen molar-refractivity contribution in [2.24, 2.45) is 5.14 Å². The van der Waals surface area contributed by atoms with E-state index in [1.54, 1.807) is 18.2 Å². The van der Waals surface area contributed by atoms with E-state index in [-0.39, 0.29) is 26.3 Å². The quantitative estimate of drug-likeness (QED) is 0.673. The first-order chi connectivity index (χ1) is 11.6. The topological polar surface area (TPSA) is 116 Å². The fraction of sp³-hybridized carbons (Fsp3) is 0. The van der Waals surface area contributed by atoms with Crippen LogP contribution < -0.4 is 5.14 Å². The number of carbonyl (C=O) groups excluding carboxylic acids is 1. The molecule has 0 spiro atoms. The number of halogens is 1. The number of nitrogens with zero attached hydrogens (tertiary/aromatic N) is 1. The summed E-state index contributed by atoms with van der Waals surface area (Å²) < 4.78 is 49.6. The lowest BCUT2D eigenvalue weighted by Crippen LogP contribution is -2.13. The van der Waals surface area contributed by atoms with Crippen molar-refractivity contribution in [1.29, 1.82) is 0 Å². The number of fused-ring (bicyclic) bond motifs is 1. The molecule has 2 N–H and O–H groups in total. The van der Waals surface area contributed by atoms with Crippen LogP contribution >= 0.6 is 11.6 Å². The van der Waals surface area contributed by atoms with Gasteiger partial charge in [0, 0.05) is 11.6 Å². The van der Waals surface area contributed by atoms with Crippen molar-refractivity contribution in [3.8, 4) is 0 Å². The number of aromatic nitrogens is 1. The Hall–Kier alpha value is -2.20. The number of primary sulfonamides is 1. The highest BCUT2D eigenvalue weighted by molar-refractivity contribution is 7.90. The second kappa shape index (κ2) is 5.95. The Morgan fingerprint density at radius 2 is 1.60 bits per heavy atom. The molecule has 0 saturated carbocycles. The van der Waals surface area contributed by atoms with E-state index in [0.717, 1.165) is 22.3 Å². The lowest BCUT2D eigenvalue weighted by molar-refractivity contribution is 0.108. The van der Waals surface area contributed by atoms with E-state index in [2.05, 4.69) is 0 Å². The lowest BCUT2D eigenvalue weighted by Gasteiger charge is -2.07. The number of benzene rings is 2. The minimum atomic E-state index is -4.03. The van der Waals surface area contributed by atoms with E-state index in [1.165, 1.54) is 18.2 Å². The van der Waals surface area contributed by atoms with Crippen LogP contribution in [-0.4, -0.2) is 26.1 Å². The summed E-state index contributed by atoms with van der Waals surface area (Å²) in [6.45, 7) is 0. The predicted molar refractivity (Wildman–Crippen MR) is 92.5 cm³/mol. The Labute approximate surface area is 148 Å². The third kappa shape index (κ3) is 3.07. The van der Waals surface area contributed by atoms with E-state index in [9.17, 15) is 21.6 Å². The highest BCUT2D eigenvalue weighted by atomic mass is 35.5. The maximum Gasteiger partial charge on any atom is 0.268 e. The second-order valence-corrected chi connectivity index (χ2v) is 8.87. The monoisotopic (exact) mass is 398 g/mol. The molecule has 3 rings (SSSR count). The molecular weight excluding hydrogens is 388 g/mol. The molecule has 0 aliphatic rings. The van der Waals surface area contributed by atoms with Gasteiger partial charge < -0.3 is 0 Å². The Balaban J connectivity index is 2.37. The Morgan fingerprint density at radius 3 is 2.16 bits per heavy atom. The van der Waals surface area contributed by atoms with E-state index in [0.29, 0.717) is 0 Å².